The van der Waals surface area contributed by atoms with Crippen LogP contribution in [0.5, 0.6) is 23.0 Å². The minimum absolute atomic E-state index is 0. The Morgan fingerprint density at radius 1 is 0.526 bits per heavy atom. The summed E-state index contributed by atoms with van der Waals surface area (Å²) < 4.78 is 46.0. The monoisotopic (exact) mass is 852 g/mol. The Labute approximate surface area is 335 Å². The summed E-state index contributed by atoms with van der Waals surface area (Å²) in [6.45, 7) is 2.69. The number of amides is 2. The Kier molecular flexibility index (Phi) is 13.3. The molecule has 0 aliphatic rings. The number of nitrogens with one attached hydrogen (secondary N) is 2. The average Bonchev–Trinajstić information content (AvgIpc) is 3.11. The first kappa shape index (κ1) is 43.3. The first-order chi connectivity index (χ1) is 26.3. The molecule has 57 heavy (non-hydrogen) atoms. The largest absolute Gasteiger partial charge is 0.506 e. The van der Waals surface area contributed by atoms with Gasteiger partial charge in [-0.2, -0.15) is 0 Å². The van der Waals surface area contributed by atoms with E-state index in [1.54, 1.807) is 48.5 Å². The number of rotatable bonds is 8. The van der Waals surface area contributed by atoms with E-state index < -0.39 is 20.0 Å². The minimum atomic E-state index is -4.00. The van der Waals surface area contributed by atoms with E-state index in [4.69, 9.17) is 10.3 Å². The van der Waals surface area contributed by atoms with Crippen molar-refractivity contribution in [2.75, 3.05) is 10.6 Å². The third-order valence-corrected chi connectivity index (χ3v) is 9.50. The maximum Gasteiger partial charge on any atom is 0.238 e. The fourth-order valence-corrected chi connectivity index (χ4v) is 6.28. The molecule has 18 nitrogen and oxygen atoms in total. The van der Waals surface area contributed by atoms with Crippen LogP contribution in [0.4, 0.5) is 34.1 Å². The van der Waals surface area contributed by atoms with Gasteiger partial charge in [0.2, 0.25) is 31.9 Å². The maximum atomic E-state index is 11.5. The summed E-state index contributed by atoms with van der Waals surface area (Å²) in [7, 11) is -8.00. The van der Waals surface area contributed by atoms with Crippen molar-refractivity contribution >= 4 is 87.5 Å². The molecule has 0 bridgehead atoms. The number of primary sulfonamides is 2. The standard InChI is InChI=1S/2C18H16N4O5S.Cr/c2*1-10(23)20-13-4-2-3-11-5-7-16(25)18(17(11)13)22-21-14-9-12(28(19,26)27)6-8-15(14)24;/h2*2-9,24-25H,1H3,(H,20,23)(H2,19,26,27);. The van der Waals surface area contributed by atoms with Crippen LogP contribution in [0.1, 0.15) is 13.8 Å². The van der Waals surface area contributed by atoms with E-state index in [1.807, 2.05) is 0 Å². The molecule has 0 fully saturated rings. The Hall–Kier alpha value is -6.47. The van der Waals surface area contributed by atoms with Crippen molar-refractivity contribution in [3.05, 3.63) is 97.1 Å². The predicted molar refractivity (Wildman–Crippen MR) is 207 cm³/mol. The van der Waals surface area contributed by atoms with Gasteiger partial charge in [0.15, 0.2) is 0 Å². The smallest absolute Gasteiger partial charge is 0.238 e. The Morgan fingerprint density at radius 3 is 1.21 bits per heavy atom. The van der Waals surface area contributed by atoms with E-state index in [0.717, 1.165) is 36.4 Å². The molecule has 6 aromatic rings. The van der Waals surface area contributed by atoms with Crippen LogP contribution in [0.3, 0.4) is 0 Å². The number of azo groups is 2. The number of phenols is 4. The van der Waals surface area contributed by atoms with E-state index in [2.05, 4.69) is 31.1 Å². The summed E-state index contributed by atoms with van der Waals surface area (Å²) in [5.74, 6) is -1.68. The van der Waals surface area contributed by atoms with E-state index in [0.29, 0.717) is 32.9 Å². The van der Waals surface area contributed by atoms with Crippen LogP contribution in [-0.2, 0) is 47.0 Å². The summed E-state index contributed by atoms with van der Waals surface area (Å²) in [6.07, 6.45) is 0. The second-order valence-electron chi connectivity index (χ2n) is 11.8. The zero-order chi connectivity index (χ0) is 40.9. The summed E-state index contributed by atoms with van der Waals surface area (Å²) in [6, 6.07) is 23.0. The van der Waals surface area contributed by atoms with E-state index in [-0.39, 0.29) is 84.7 Å². The molecule has 0 saturated carbocycles. The summed E-state index contributed by atoms with van der Waals surface area (Å²) >= 11 is 0. The third kappa shape index (κ3) is 10.4. The molecular formula is C36H32CrN8O10S2. The van der Waals surface area contributed by atoms with E-state index in [9.17, 15) is 46.9 Å². The third-order valence-electron chi connectivity index (χ3n) is 7.68. The molecule has 6 aromatic carbocycles. The molecule has 10 N–H and O–H groups in total. The van der Waals surface area contributed by atoms with Gasteiger partial charge < -0.3 is 31.1 Å². The summed E-state index contributed by atoms with van der Waals surface area (Å²) in [4.78, 5) is 22.5. The van der Waals surface area contributed by atoms with Crippen molar-refractivity contribution < 1.29 is 64.2 Å². The summed E-state index contributed by atoms with van der Waals surface area (Å²) in [5, 5.41) is 73.8. The normalized spacial score (nSPS) is 11.6. The van der Waals surface area contributed by atoms with Crippen molar-refractivity contribution in [3.63, 3.8) is 0 Å². The predicted octanol–water partition coefficient (Wildman–Crippen LogP) is 6.54. The van der Waals surface area contributed by atoms with Gasteiger partial charge in [0.1, 0.15) is 45.7 Å². The maximum absolute atomic E-state index is 11.5. The number of hydrogen-bond acceptors (Lipinski definition) is 14. The second kappa shape index (κ2) is 17.6. The average molecular weight is 853 g/mol. The molecule has 21 heteroatoms. The molecule has 0 aliphatic heterocycles. The molecule has 294 valence electrons. The number of anilines is 2. The van der Waals surface area contributed by atoms with Gasteiger partial charge in [-0.15, -0.1) is 20.5 Å². The van der Waals surface area contributed by atoms with Crippen LogP contribution < -0.4 is 20.9 Å². The number of nitrogens with zero attached hydrogens (tertiary/aromatic N) is 4. The number of carbonyl (C=O) groups is 2. The van der Waals surface area contributed by atoms with Crippen LogP contribution >= 0.6 is 0 Å². The van der Waals surface area contributed by atoms with Gasteiger partial charge in [-0.1, -0.05) is 36.4 Å². The number of benzene rings is 6. The van der Waals surface area contributed by atoms with Crippen LogP contribution in [0.2, 0.25) is 0 Å². The fraction of sp³-hybridized carbons (Fsp3) is 0.0556. The SMILES string of the molecule is CC(=O)Nc1cccc2ccc(O)c(N=Nc3cc(S(N)(=O)=O)ccc3O)c12.CC(=O)Nc1cccc2ccc(O)c(N=Nc3cc(S(N)(=O)=O)ccc3O)c12.[Cr]. The van der Waals surface area contributed by atoms with E-state index in [1.165, 1.54) is 26.0 Å². The van der Waals surface area contributed by atoms with Crippen LogP contribution in [0.15, 0.2) is 127 Å². The Morgan fingerprint density at radius 2 is 0.877 bits per heavy atom. The van der Waals surface area contributed by atoms with Crippen LogP contribution in [-0.4, -0.2) is 49.1 Å². The van der Waals surface area contributed by atoms with Gasteiger partial charge in [0, 0.05) is 42.0 Å². The quantitative estimate of drug-likeness (QED) is 0.0764. The van der Waals surface area contributed by atoms with Gasteiger partial charge in [-0.25, -0.2) is 27.1 Å². The minimum Gasteiger partial charge on any atom is -0.506 e. The molecule has 2 amide bonds. The molecular weight excluding hydrogens is 821 g/mol. The second-order valence-corrected chi connectivity index (χ2v) is 15.0. The summed E-state index contributed by atoms with van der Waals surface area (Å²) in [5.41, 5.74) is 0.610. The number of carbonyl (C=O) groups excluding carboxylic acids is 2. The van der Waals surface area contributed by atoms with Gasteiger partial charge in [-0.3, -0.25) is 9.59 Å². The molecule has 0 unspecified atom stereocenters. The molecule has 6 rings (SSSR count). The number of aromatic hydroxyl groups is 4. The molecule has 0 spiro atoms. The molecule has 0 saturated heterocycles. The molecule has 0 aliphatic carbocycles. The number of nitrogens with two attached hydrogens (primary N) is 2. The Bertz CT molecular complexity index is 2640. The zero-order valence-corrected chi connectivity index (χ0v) is 32.6. The van der Waals surface area contributed by atoms with Gasteiger partial charge >= 0.3 is 0 Å². The topological polar surface area (TPSA) is 309 Å². The first-order valence-electron chi connectivity index (χ1n) is 15.9. The zero-order valence-electron chi connectivity index (χ0n) is 29.6. The van der Waals surface area contributed by atoms with Crippen molar-refractivity contribution in [2.45, 2.75) is 23.6 Å². The number of fused-ring (bicyclic) bond motifs is 2. The Balaban J connectivity index is 0.000000248. The molecule has 0 atom stereocenters. The van der Waals surface area contributed by atoms with Crippen molar-refractivity contribution in [3.8, 4) is 23.0 Å². The number of phenolic OH excluding ortho intramolecular Hbond substituents is 4. The first-order valence-corrected chi connectivity index (χ1v) is 19.0. The molecule has 0 aromatic heterocycles. The number of hydrogen-bond donors (Lipinski definition) is 8. The van der Waals surface area contributed by atoms with Crippen molar-refractivity contribution in [1.82, 2.24) is 0 Å². The fourth-order valence-electron chi connectivity index (χ4n) is 5.22. The van der Waals surface area contributed by atoms with Gasteiger partial charge in [-0.05, 0) is 71.4 Å². The van der Waals surface area contributed by atoms with Crippen molar-refractivity contribution in [1.29, 1.82) is 0 Å². The van der Waals surface area contributed by atoms with Gasteiger partial charge in [0.25, 0.3) is 0 Å². The van der Waals surface area contributed by atoms with Gasteiger partial charge in [0.05, 0.1) is 21.2 Å². The van der Waals surface area contributed by atoms with Crippen molar-refractivity contribution in [2.24, 2.45) is 30.7 Å². The molecule has 0 heterocycles. The molecule has 0 radical (unpaired) electrons. The van der Waals surface area contributed by atoms with E-state index >= 15 is 0 Å². The number of sulfonamides is 2. The van der Waals surface area contributed by atoms with Crippen LogP contribution in [0.25, 0.3) is 21.5 Å². The van der Waals surface area contributed by atoms with Crippen LogP contribution in [0, 0.1) is 0 Å².